The van der Waals surface area contributed by atoms with Gasteiger partial charge in [0.15, 0.2) is 0 Å². The van der Waals surface area contributed by atoms with Gasteiger partial charge in [-0.1, -0.05) is 17.7 Å². The molecule has 1 atom stereocenters. The van der Waals surface area contributed by atoms with Gasteiger partial charge >= 0.3 is 0 Å². The summed E-state index contributed by atoms with van der Waals surface area (Å²) in [7, 11) is 0. The lowest BCUT2D eigenvalue weighted by atomic mass is 9.93. The van der Waals surface area contributed by atoms with Gasteiger partial charge in [-0.25, -0.2) is 4.39 Å². The van der Waals surface area contributed by atoms with Crippen LogP contribution in [0.1, 0.15) is 12.0 Å². The zero-order valence-corrected chi connectivity index (χ0v) is 8.31. The smallest absolute Gasteiger partial charge is 0.142 e. The van der Waals surface area contributed by atoms with Crippen molar-refractivity contribution in [2.45, 2.75) is 12.0 Å². The summed E-state index contributed by atoms with van der Waals surface area (Å²) < 4.78 is 13.1. The SMILES string of the molecule is OC1(c2ccc(Cl)c(F)c2)CCNC1. The third-order valence-corrected chi connectivity index (χ3v) is 2.90. The molecule has 0 amide bonds. The lowest BCUT2D eigenvalue weighted by molar-refractivity contribution is 0.0584. The van der Waals surface area contributed by atoms with Crippen molar-refractivity contribution in [1.29, 1.82) is 0 Å². The van der Waals surface area contributed by atoms with Crippen LogP contribution in [0.3, 0.4) is 0 Å². The maximum atomic E-state index is 13.1. The van der Waals surface area contributed by atoms with Crippen molar-refractivity contribution in [3.63, 3.8) is 0 Å². The van der Waals surface area contributed by atoms with E-state index in [1.807, 2.05) is 0 Å². The molecule has 1 heterocycles. The molecule has 14 heavy (non-hydrogen) atoms. The van der Waals surface area contributed by atoms with E-state index in [2.05, 4.69) is 5.32 Å². The normalized spacial score (nSPS) is 26.8. The minimum atomic E-state index is -0.939. The molecular formula is C10H11ClFNO. The van der Waals surface area contributed by atoms with Crippen LogP contribution >= 0.6 is 11.6 Å². The van der Waals surface area contributed by atoms with Crippen molar-refractivity contribution >= 4 is 11.6 Å². The average molecular weight is 216 g/mol. The van der Waals surface area contributed by atoms with Crippen molar-refractivity contribution in [1.82, 2.24) is 5.32 Å². The van der Waals surface area contributed by atoms with E-state index in [0.717, 1.165) is 6.54 Å². The summed E-state index contributed by atoms with van der Waals surface area (Å²) in [6.45, 7) is 1.22. The second-order valence-corrected chi connectivity index (χ2v) is 3.99. The van der Waals surface area contributed by atoms with Crippen LogP contribution in [0.5, 0.6) is 0 Å². The zero-order chi connectivity index (χ0) is 10.2. The van der Waals surface area contributed by atoms with Gasteiger partial charge in [0.05, 0.1) is 5.02 Å². The summed E-state index contributed by atoms with van der Waals surface area (Å²) in [5.74, 6) is -0.482. The molecule has 1 aromatic rings. The summed E-state index contributed by atoms with van der Waals surface area (Å²) in [5.41, 5.74) is -0.352. The number of β-amino-alcohol motifs (C(OH)–C–C–N with tert-alkyl or cyclic N) is 1. The van der Waals surface area contributed by atoms with Gasteiger partial charge < -0.3 is 10.4 Å². The molecule has 1 saturated heterocycles. The lowest BCUT2D eigenvalue weighted by Gasteiger charge is -2.21. The Balaban J connectivity index is 2.36. The molecule has 0 bridgehead atoms. The first-order valence-corrected chi connectivity index (χ1v) is 4.88. The highest BCUT2D eigenvalue weighted by atomic mass is 35.5. The molecule has 2 rings (SSSR count). The molecule has 0 radical (unpaired) electrons. The Morgan fingerprint density at radius 3 is 2.86 bits per heavy atom. The molecule has 1 aliphatic heterocycles. The fourth-order valence-corrected chi connectivity index (χ4v) is 1.83. The monoisotopic (exact) mass is 215 g/mol. The van der Waals surface area contributed by atoms with E-state index in [9.17, 15) is 9.50 Å². The summed E-state index contributed by atoms with van der Waals surface area (Å²) in [5, 5.41) is 13.2. The number of hydrogen-bond donors (Lipinski definition) is 2. The van der Waals surface area contributed by atoms with E-state index < -0.39 is 11.4 Å². The van der Waals surface area contributed by atoms with Crippen LogP contribution < -0.4 is 5.32 Å². The fourth-order valence-electron chi connectivity index (χ4n) is 1.71. The predicted octanol–water partition coefficient (Wildman–Crippen LogP) is 1.66. The van der Waals surface area contributed by atoms with E-state index in [4.69, 9.17) is 11.6 Å². The van der Waals surface area contributed by atoms with E-state index in [1.165, 1.54) is 12.1 Å². The predicted molar refractivity (Wildman–Crippen MR) is 52.8 cm³/mol. The van der Waals surface area contributed by atoms with Gasteiger partial charge in [0.2, 0.25) is 0 Å². The fraction of sp³-hybridized carbons (Fsp3) is 0.400. The largest absolute Gasteiger partial charge is 0.384 e. The first-order valence-electron chi connectivity index (χ1n) is 4.50. The number of aliphatic hydroxyl groups is 1. The number of rotatable bonds is 1. The number of benzene rings is 1. The highest BCUT2D eigenvalue weighted by Gasteiger charge is 2.33. The van der Waals surface area contributed by atoms with E-state index in [-0.39, 0.29) is 5.02 Å². The standard InChI is InChI=1S/C10H11ClFNO/c11-8-2-1-7(5-9(8)12)10(14)3-4-13-6-10/h1-2,5,13-14H,3-4,6H2. The minimum Gasteiger partial charge on any atom is -0.384 e. The summed E-state index contributed by atoms with van der Waals surface area (Å²) in [6.07, 6.45) is 0.605. The van der Waals surface area contributed by atoms with E-state index >= 15 is 0 Å². The van der Waals surface area contributed by atoms with Crippen molar-refractivity contribution < 1.29 is 9.50 Å². The van der Waals surface area contributed by atoms with Gasteiger partial charge in [0.1, 0.15) is 11.4 Å². The Kier molecular flexibility index (Phi) is 2.47. The van der Waals surface area contributed by atoms with Crippen molar-refractivity contribution in [2.75, 3.05) is 13.1 Å². The second kappa shape index (κ2) is 3.50. The molecule has 1 unspecified atom stereocenters. The highest BCUT2D eigenvalue weighted by molar-refractivity contribution is 6.30. The Morgan fingerprint density at radius 2 is 2.29 bits per heavy atom. The Bertz CT molecular complexity index is 350. The topological polar surface area (TPSA) is 32.3 Å². The molecule has 4 heteroatoms. The third kappa shape index (κ3) is 1.63. The van der Waals surface area contributed by atoms with Gasteiger partial charge in [-0.3, -0.25) is 0 Å². The maximum Gasteiger partial charge on any atom is 0.142 e. The maximum absolute atomic E-state index is 13.1. The number of hydrogen-bond acceptors (Lipinski definition) is 2. The lowest BCUT2D eigenvalue weighted by Crippen LogP contribution is -2.28. The Labute approximate surface area is 86.7 Å². The number of nitrogens with one attached hydrogen (secondary N) is 1. The van der Waals surface area contributed by atoms with E-state index in [1.54, 1.807) is 6.07 Å². The molecule has 76 valence electrons. The van der Waals surface area contributed by atoms with Gasteiger partial charge in [0, 0.05) is 6.54 Å². The second-order valence-electron chi connectivity index (χ2n) is 3.59. The average Bonchev–Trinajstić information content (AvgIpc) is 2.58. The number of halogens is 2. The first kappa shape index (κ1) is 9.90. The molecule has 0 saturated carbocycles. The molecule has 2 N–H and O–H groups in total. The van der Waals surface area contributed by atoms with Gasteiger partial charge in [-0.2, -0.15) is 0 Å². The van der Waals surface area contributed by atoms with Crippen LogP contribution in [0.4, 0.5) is 4.39 Å². The van der Waals surface area contributed by atoms with Gasteiger partial charge in [-0.05, 0) is 30.7 Å². The minimum absolute atomic E-state index is 0.0864. The molecule has 0 aliphatic carbocycles. The Hall–Kier alpha value is -0.640. The quantitative estimate of drug-likeness (QED) is 0.747. The molecule has 1 aromatic carbocycles. The van der Waals surface area contributed by atoms with Crippen LogP contribution in [0.2, 0.25) is 5.02 Å². The van der Waals surface area contributed by atoms with Crippen LogP contribution in [-0.2, 0) is 5.60 Å². The van der Waals surface area contributed by atoms with Crippen molar-refractivity contribution in [2.24, 2.45) is 0 Å². The zero-order valence-electron chi connectivity index (χ0n) is 7.56. The summed E-state index contributed by atoms with van der Waals surface area (Å²) in [6, 6.07) is 4.44. The first-order chi connectivity index (χ1) is 6.62. The van der Waals surface area contributed by atoms with Crippen molar-refractivity contribution in [3.05, 3.63) is 34.6 Å². The molecule has 2 nitrogen and oxygen atoms in total. The van der Waals surface area contributed by atoms with Crippen LogP contribution in [0.15, 0.2) is 18.2 Å². The Morgan fingerprint density at radius 1 is 1.50 bits per heavy atom. The summed E-state index contributed by atoms with van der Waals surface area (Å²) in [4.78, 5) is 0. The van der Waals surface area contributed by atoms with Crippen LogP contribution in [-0.4, -0.2) is 18.2 Å². The highest BCUT2D eigenvalue weighted by Crippen LogP contribution is 2.29. The molecular weight excluding hydrogens is 205 g/mol. The summed E-state index contributed by atoms with van der Waals surface area (Å²) >= 11 is 5.56. The van der Waals surface area contributed by atoms with Crippen LogP contribution in [0.25, 0.3) is 0 Å². The van der Waals surface area contributed by atoms with E-state index in [0.29, 0.717) is 18.5 Å². The van der Waals surface area contributed by atoms with Gasteiger partial charge in [0.25, 0.3) is 0 Å². The van der Waals surface area contributed by atoms with Crippen LogP contribution in [0, 0.1) is 5.82 Å². The van der Waals surface area contributed by atoms with Crippen molar-refractivity contribution in [3.8, 4) is 0 Å². The molecule has 1 fully saturated rings. The van der Waals surface area contributed by atoms with Gasteiger partial charge in [-0.15, -0.1) is 0 Å². The molecule has 0 aromatic heterocycles. The molecule has 0 spiro atoms. The molecule has 1 aliphatic rings. The third-order valence-electron chi connectivity index (χ3n) is 2.59.